The fourth-order valence-electron chi connectivity index (χ4n) is 2.56. The third-order valence-electron chi connectivity index (χ3n) is 3.54. The summed E-state index contributed by atoms with van der Waals surface area (Å²) in [4.78, 5) is 0. The first-order chi connectivity index (χ1) is 9.24. The molecule has 1 nitrogen and oxygen atoms in total. The molecule has 0 aliphatic carbocycles. The summed E-state index contributed by atoms with van der Waals surface area (Å²) >= 11 is 2.26. The summed E-state index contributed by atoms with van der Waals surface area (Å²) in [5.41, 5.74) is 4.10. The van der Waals surface area contributed by atoms with Crippen molar-refractivity contribution in [1.82, 2.24) is 0 Å². The maximum Gasteiger partial charge on any atom is 0.131 e. The van der Waals surface area contributed by atoms with Gasteiger partial charge in [-0.3, -0.25) is 0 Å². The Morgan fingerprint density at radius 2 is 1.95 bits per heavy atom. The SMILES string of the molecule is FC(Cc1ccc(I)cc1)c1cccc2c1NCC2. The Morgan fingerprint density at radius 1 is 1.16 bits per heavy atom. The number of benzene rings is 2. The van der Waals surface area contributed by atoms with Gasteiger partial charge in [0.15, 0.2) is 0 Å². The third kappa shape index (κ3) is 2.76. The van der Waals surface area contributed by atoms with Crippen molar-refractivity contribution in [3.63, 3.8) is 0 Å². The van der Waals surface area contributed by atoms with Gasteiger partial charge in [-0.25, -0.2) is 4.39 Å². The summed E-state index contributed by atoms with van der Waals surface area (Å²) in [5, 5.41) is 3.30. The van der Waals surface area contributed by atoms with E-state index in [9.17, 15) is 4.39 Å². The minimum Gasteiger partial charge on any atom is -0.384 e. The highest BCUT2D eigenvalue weighted by Crippen LogP contribution is 2.34. The molecule has 2 aromatic carbocycles. The maximum absolute atomic E-state index is 14.5. The second-order valence-electron chi connectivity index (χ2n) is 4.86. The average Bonchev–Trinajstić information content (AvgIpc) is 2.89. The molecule has 0 bridgehead atoms. The molecule has 1 aliphatic rings. The van der Waals surface area contributed by atoms with Crippen LogP contribution >= 0.6 is 22.6 Å². The minimum atomic E-state index is -0.944. The zero-order chi connectivity index (χ0) is 13.2. The maximum atomic E-state index is 14.5. The average molecular weight is 367 g/mol. The van der Waals surface area contributed by atoms with Gasteiger partial charge in [-0.1, -0.05) is 30.3 Å². The minimum absolute atomic E-state index is 0.440. The Labute approximate surface area is 126 Å². The fourth-order valence-corrected chi connectivity index (χ4v) is 2.92. The Kier molecular flexibility index (Phi) is 3.73. The first-order valence-corrected chi connectivity index (χ1v) is 7.56. The van der Waals surface area contributed by atoms with Crippen LogP contribution in [0.15, 0.2) is 42.5 Å². The summed E-state index contributed by atoms with van der Waals surface area (Å²) in [7, 11) is 0. The molecule has 3 rings (SSSR count). The fraction of sp³-hybridized carbons (Fsp3) is 0.250. The van der Waals surface area contributed by atoms with E-state index >= 15 is 0 Å². The lowest BCUT2D eigenvalue weighted by Gasteiger charge is -2.13. The zero-order valence-electron chi connectivity index (χ0n) is 10.5. The number of hydrogen-bond acceptors (Lipinski definition) is 1. The van der Waals surface area contributed by atoms with Gasteiger partial charge in [-0.15, -0.1) is 0 Å². The summed E-state index contributed by atoms with van der Waals surface area (Å²) in [6.45, 7) is 0.919. The van der Waals surface area contributed by atoms with Gasteiger partial charge in [0.2, 0.25) is 0 Å². The van der Waals surface area contributed by atoms with Gasteiger partial charge in [0.1, 0.15) is 6.17 Å². The van der Waals surface area contributed by atoms with Gasteiger partial charge in [0.05, 0.1) is 0 Å². The largest absolute Gasteiger partial charge is 0.384 e. The lowest BCUT2D eigenvalue weighted by molar-refractivity contribution is 0.343. The van der Waals surface area contributed by atoms with Crippen LogP contribution < -0.4 is 5.32 Å². The van der Waals surface area contributed by atoms with E-state index in [1.54, 1.807) is 0 Å². The van der Waals surface area contributed by atoms with Gasteiger partial charge in [0.25, 0.3) is 0 Å². The first kappa shape index (κ1) is 12.9. The van der Waals surface area contributed by atoms with Crippen LogP contribution in [0, 0.1) is 3.57 Å². The first-order valence-electron chi connectivity index (χ1n) is 6.48. The Morgan fingerprint density at radius 3 is 2.74 bits per heavy atom. The molecule has 0 aromatic heterocycles. The van der Waals surface area contributed by atoms with Crippen LogP contribution in [0.2, 0.25) is 0 Å². The Hall–Kier alpha value is -1.10. The van der Waals surface area contributed by atoms with Crippen LogP contribution in [0.4, 0.5) is 10.1 Å². The van der Waals surface area contributed by atoms with Crippen LogP contribution in [0.5, 0.6) is 0 Å². The normalized spacial score (nSPS) is 14.8. The second-order valence-corrected chi connectivity index (χ2v) is 6.10. The molecule has 1 heterocycles. The van der Waals surface area contributed by atoms with E-state index in [0.717, 1.165) is 29.8 Å². The monoisotopic (exact) mass is 367 g/mol. The molecule has 1 unspecified atom stereocenters. The molecule has 0 radical (unpaired) electrons. The van der Waals surface area contributed by atoms with E-state index in [1.165, 1.54) is 9.13 Å². The predicted octanol–water partition coefficient (Wildman–Crippen LogP) is 4.51. The Balaban J connectivity index is 1.83. The molecule has 0 amide bonds. The highest BCUT2D eigenvalue weighted by Gasteiger charge is 2.20. The van der Waals surface area contributed by atoms with Gasteiger partial charge in [-0.2, -0.15) is 0 Å². The number of para-hydroxylation sites is 1. The highest BCUT2D eigenvalue weighted by molar-refractivity contribution is 14.1. The van der Waals surface area contributed by atoms with Crippen LogP contribution in [-0.2, 0) is 12.8 Å². The van der Waals surface area contributed by atoms with Gasteiger partial charge < -0.3 is 5.32 Å². The molecule has 1 atom stereocenters. The second kappa shape index (κ2) is 5.49. The van der Waals surface area contributed by atoms with E-state index in [-0.39, 0.29) is 0 Å². The van der Waals surface area contributed by atoms with Gasteiger partial charge >= 0.3 is 0 Å². The van der Waals surface area contributed by atoms with Crippen molar-refractivity contribution in [1.29, 1.82) is 0 Å². The Bertz CT molecular complexity index is 580. The molecular weight excluding hydrogens is 352 g/mol. The highest BCUT2D eigenvalue weighted by atomic mass is 127. The van der Waals surface area contributed by atoms with E-state index in [0.29, 0.717) is 6.42 Å². The van der Waals surface area contributed by atoms with Crippen LogP contribution in [-0.4, -0.2) is 6.54 Å². The van der Waals surface area contributed by atoms with Crippen LogP contribution in [0.25, 0.3) is 0 Å². The van der Waals surface area contributed by atoms with Gasteiger partial charge in [0, 0.05) is 27.8 Å². The summed E-state index contributed by atoms with van der Waals surface area (Å²) in [6, 6.07) is 14.0. The van der Waals surface area contributed by atoms with E-state index in [2.05, 4.69) is 34.0 Å². The van der Waals surface area contributed by atoms with Crippen LogP contribution in [0.1, 0.15) is 22.9 Å². The molecule has 1 N–H and O–H groups in total. The van der Waals surface area contributed by atoms with Crippen molar-refractivity contribution >= 4 is 28.3 Å². The van der Waals surface area contributed by atoms with Crippen LogP contribution in [0.3, 0.4) is 0 Å². The number of fused-ring (bicyclic) bond motifs is 1. The molecule has 98 valence electrons. The van der Waals surface area contributed by atoms with E-state index < -0.39 is 6.17 Å². The lowest BCUT2D eigenvalue weighted by Crippen LogP contribution is -2.02. The number of nitrogens with one attached hydrogen (secondary N) is 1. The molecule has 3 heteroatoms. The van der Waals surface area contributed by atoms with Crippen molar-refractivity contribution in [3.8, 4) is 0 Å². The molecule has 19 heavy (non-hydrogen) atoms. The van der Waals surface area contributed by atoms with Crippen molar-refractivity contribution in [2.75, 3.05) is 11.9 Å². The number of halogens is 2. The number of hydrogen-bond donors (Lipinski definition) is 1. The topological polar surface area (TPSA) is 12.0 Å². The zero-order valence-corrected chi connectivity index (χ0v) is 12.7. The number of anilines is 1. The molecule has 1 aliphatic heterocycles. The summed E-state index contributed by atoms with van der Waals surface area (Å²) in [5.74, 6) is 0. The van der Waals surface area contributed by atoms with Gasteiger partial charge in [-0.05, 0) is 52.3 Å². The molecule has 2 aromatic rings. The van der Waals surface area contributed by atoms with Crippen molar-refractivity contribution < 1.29 is 4.39 Å². The van der Waals surface area contributed by atoms with Crippen molar-refractivity contribution in [2.45, 2.75) is 19.0 Å². The molecule has 0 saturated carbocycles. The molecule has 0 fully saturated rings. The third-order valence-corrected chi connectivity index (χ3v) is 4.26. The van der Waals surface area contributed by atoms with Crippen molar-refractivity contribution in [3.05, 3.63) is 62.7 Å². The van der Waals surface area contributed by atoms with Crippen molar-refractivity contribution in [2.24, 2.45) is 0 Å². The number of rotatable bonds is 3. The lowest BCUT2D eigenvalue weighted by atomic mass is 9.99. The molecule has 0 spiro atoms. The number of alkyl halides is 1. The summed E-state index contributed by atoms with van der Waals surface area (Å²) < 4.78 is 15.7. The quantitative estimate of drug-likeness (QED) is 0.787. The standard InChI is InChI=1S/C16H15FIN/c17-15(10-11-4-6-13(18)7-5-11)14-3-1-2-12-8-9-19-16(12)14/h1-7,15,19H,8-10H2. The van der Waals surface area contributed by atoms with E-state index in [1.807, 2.05) is 36.4 Å². The molecule has 0 saturated heterocycles. The summed E-state index contributed by atoms with van der Waals surface area (Å²) in [6.07, 6.45) is 0.495. The van der Waals surface area contributed by atoms with E-state index in [4.69, 9.17) is 0 Å². The molecular formula is C16H15FIN. The predicted molar refractivity (Wildman–Crippen MR) is 85.3 cm³/mol. The smallest absolute Gasteiger partial charge is 0.131 e.